The molecule has 0 aliphatic carbocycles. The van der Waals surface area contributed by atoms with E-state index in [9.17, 15) is 0 Å². The van der Waals surface area contributed by atoms with E-state index in [1.165, 1.54) is 198 Å². The van der Waals surface area contributed by atoms with Crippen molar-refractivity contribution in [2.75, 3.05) is 18.0 Å². The summed E-state index contributed by atoms with van der Waals surface area (Å²) < 4.78 is 0. The molecule has 0 saturated heterocycles. The highest BCUT2D eigenvalue weighted by Gasteiger charge is 2.07. The third kappa shape index (κ3) is 22.4. The molecule has 0 saturated carbocycles. The summed E-state index contributed by atoms with van der Waals surface area (Å²) in [6.45, 7) is 9.41. The third-order valence-electron chi connectivity index (χ3n) is 8.68. The maximum atomic E-state index is 2.71. The number of unbranched alkanes of at least 4 members (excludes halogenated alkanes) is 23. The van der Waals surface area contributed by atoms with E-state index in [0.717, 1.165) is 0 Å². The van der Waals surface area contributed by atoms with Crippen LogP contribution in [0, 0.1) is 0 Å². The minimum Gasteiger partial charge on any atom is -0.372 e. The molecule has 1 aromatic carbocycles. The van der Waals surface area contributed by atoms with Gasteiger partial charge in [0.05, 0.1) is 0 Å². The quantitative estimate of drug-likeness (QED) is 0.0875. The van der Waals surface area contributed by atoms with E-state index >= 15 is 0 Å². The Kier molecular flexibility index (Phi) is 26.4. The Bertz CT molecular complexity index is 567. The molecule has 1 heteroatoms. The van der Waals surface area contributed by atoms with Gasteiger partial charge in [-0.15, -0.1) is 0 Å². The van der Waals surface area contributed by atoms with Crippen LogP contribution in [0.4, 0.5) is 5.69 Å². The smallest absolute Gasteiger partial charge is 0.0366 e. The molecule has 228 valence electrons. The maximum Gasteiger partial charge on any atom is 0.0366 e. The van der Waals surface area contributed by atoms with Crippen LogP contribution in [0.1, 0.15) is 193 Å². The van der Waals surface area contributed by atoms with Crippen LogP contribution in [0.5, 0.6) is 0 Å². The van der Waals surface area contributed by atoms with Gasteiger partial charge in [-0.3, -0.25) is 0 Å². The van der Waals surface area contributed by atoms with Gasteiger partial charge in [0.15, 0.2) is 0 Å². The summed E-state index contributed by atoms with van der Waals surface area (Å²) in [6, 6.07) is 9.70. The van der Waals surface area contributed by atoms with E-state index < -0.39 is 0 Å². The minimum atomic E-state index is 1.24. The Hall–Kier alpha value is -0.980. The SMILES string of the molecule is CCCCCCCCCCCCN(CCCCCCCCCCCC)c1ccc(CCCCCCCC)cc1. The predicted molar refractivity (Wildman–Crippen MR) is 179 cm³/mol. The van der Waals surface area contributed by atoms with Crippen LogP contribution in [0.15, 0.2) is 24.3 Å². The van der Waals surface area contributed by atoms with Crippen molar-refractivity contribution in [1.29, 1.82) is 0 Å². The number of rotatable bonds is 30. The molecule has 0 heterocycles. The topological polar surface area (TPSA) is 3.24 Å². The van der Waals surface area contributed by atoms with E-state index in [4.69, 9.17) is 0 Å². The van der Waals surface area contributed by atoms with E-state index in [2.05, 4.69) is 49.9 Å². The Morgan fingerprint density at radius 3 is 1.03 bits per heavy atom. The standard InChI is InChI=1S/C38H71N/c1-4-7-10-13-16-18-20-22-25-28-35-39(36-29-26-23-21-19-17-14-11-8-5-2)38-33-31-37(32-34-38)30-27-24-15-12-9-6-3/h31-34H,4-30,35-36H2,1-3H3. The zero-order chi connectivity index (χ0) is 28.1. The monoisotopic (exact) mass is 542 g/mol. The van der Waals surface area contributed by atoms with Gasteiger partial charge in [0.1, 0.15) is 0 Å². The Morgan fingerprint density at radius 2 is 0.667 bits per heavy atom. The Labute approximate surface area is 247 Å². The zero-order valence-electron chi connectivity index (χ0n) is 27.3. The summed E-state index contributed by atoms with van der Waals surface area (Å²) in [5, 5.41) is 0. The molecular weight excluding hydrogens is 470 g/mol. The fraction of sp³-hybridized carbons (Fsp3) is 0.842. The highest BCUT2D eigenvalue weighted by atomic mass is 15.1. The van der Waals surface area contributed by atoms with Gasteiger partial charge in [0.25, 0.3) is 0 Å². The average Bonchev–Trinajstić information content (AvgIpc) is 2.96. The molecule has 0 bridgehead atoms. The lowest BCUT2D eigenvalue weighted by molar-refractivity contribution is 0.543. The number of nitrogens with zero attached hydrogens (tertiary/aromatic N) is 1. The number of benzene rings is 1. The summed E-state index contributed by atoms with van der Waals surface area (Å²) in [7, 11) is 0. The molecule has 0 radical (unpaired) electrons. The fourth-order valence-corrected chi connectivity index (χ4v) is 5.93. The van der Waals surface area contributed by atoms with Gasteiger partial charge in [0, 0.05) is 18.8 Å². The lowest BCUT2D eigenvalue weighted by Gasteiger charge is -2.25. The fourth-order valence-electron chi connectivity index (χ4n) is 5.93. The summed E-state index contributed by atoms with van der Waals surface area (Å²) in [5.74, 6) is 0. The van der Waals surface area contributed by atoms with Crippen molar-refractivity contribution >= 4 is 5.69 Å². The molecule has 0 aliphatic rings. The van der Waals surface area contributed by atoms with Crippen molar-refractivity contribution in [2.45, 2.75) is 194 Å². The predicted octanol–water partition coefficient (Wildman–Crippen LogP) is 13.2. The van der Waals surface area contributed by atoms with Gasteiger partial charge in [-0.2, -0.15) is 0 Å². The minimum absolute atomic E-state index is 1.24. The highest BCUT2D eigenvalue weighted by Crippen LogP contribution is 2.20. The van der Waals surface area contributed by atoms with Gasteiger partial charge in [-0.1, -0.05) is 181 Å². The molecule has 0 amide bonds. The molecule has 1 nitrogen and oxygen atoms in total. The van der Waals surface area contributed by atoms with Crippen LogP contribution in [0.25, 0.3) is 0 Å². The van der Waals surface area contributed by atoms with Crippen LogP contribution < -0.4 is 4.90 Å². The van der Waals surface area contributed by atoms with E-state index in [-0.39, 0.29) is 0 Å². The molecule has 39 heavy (non-hydrogen) atoms. The highest BCUT2D eigenvalue weighted by molar-refractivity contribution is 5.47. The summed E-state index contributed by atoms with van der Waals surface area (Å²) >= 11 is 0. The molecule has 1 rings (SSSR count). The molecule has 0 N–H and O–H groups in total. The molecule has 0 unspecified atom stereocenters. The first kappa shape index (κ1) is 36.0. The molecule has 0 aliphatic heterocycles. The Morgan fingerprint density at radius 1 is 0.359 bits per heavy atom. The largest absolute Gasteiger partial charge is 0.372 e. The maximum absolute atomic E-state index is 2.71. The normalized spacial score (nSPS) is 11.4. The Balaban J connectivity index is 2.35. The second-order valence-corrected chi connectivity index (χ2v) is 12.5. The number of aryl methyl sites for hydroxylation is 1. The number of hydrogen-bond acceptors (Lipinski definition) is 1. The van der Waals surface area contributed by atoms with Crippen molar-refractivity contribution in [3.05, 3.63) is 29.8 Å². The van der Waals surface area contributed by atoms with Crippen molar-refractivity contribution in [2.24, 2.45) is 0 Å². The molecular formula is C38H71N. The van der Waals surface area contributed by atoms with Crippen LogP contribution in [0.3, 0.4) is 0 Å². The molecule has 0 spiro atoms. The van der Waals surface area contributed by atoms with Crippen LogP contribution in [0.2, 0.25) is 0 Å². The lowest BCUT2D eigenvalue weighted by Crippen LogP contribution is -2.25. The summed E-state index contributed by atoms with van der Waals surface area (Å²) in [5.41, 5.74) is 3.00. The van der Waals surface area contributed by atoms with E-state index in [0.29, 0.717) is 0 Å². The number of hydrogen-bond donors (Lipinski definition) is 0. The van der Waals surface area contributed by atoms with Gasteiger partial charge in [0.2, 0.25) is 0 Å². The summed E-state index contributed by atoms with van der Waals surface area (Å²) in [6.07, 6.45) is 38.0. The van der Waals surface area contributed by atoms with Crippen LogP contribution >= 0.6 is 0 Å². The van der Waals surface area contributed by atoms with Crippen LogP contribution in [-0.2, 0) is 6.42 Å². The van der Waals surface area contributed by atoms with Gasteiger partial charge in [-0.25, -0.2) is 0 Å². The molecule has 0 atom stereocenters. The molecule has 0 fully saturated rings. The lowest BCUT2D eigenvalue weighted by atomic mass is 10.0. The van der Waals surface area contributed by atoms with Gasteiger partial charge in [-0.05, 0) is 43.4 Å². The van der Waals surface area contributed by atoms with Crippen molar-refractivity contribution in [3.8, 4) is 0 Å². The first-order valence-corrected chi connectivity index (χ1v) is 18.2. The average molecular weight is 542 g/mol. The van der Waals surface area contributed by atoms with E-state index in [1.807, 2.05) is 0 Å². The van der Waals surface area contributed by atoms with Crippen LogP contribution in [-0.4, -0.2) is 13.1 Å². The first-order valence-electron chi connectivity index (χ1n) is 18.2. The summed E-state index contributed by atoms with van der Waals surface area (Å²) in [4.78, 5) is 2.71. The first-order chi connectivity index (χ1) is 19.3. The second-order valence-electron chi connectivity index (χ2n) is 12.5. The van der Waals surface area contributed by atoms with Crippen molar-refractivity contribution in [3.63, 3.8) is 0 Å². The third-order valence-corrected chi connectivity index (χ3v) is 8.68. The zero-order valence-corrected chi connectivity index (χ0v) is 27.3. The second kappa shape index (κ2) is 28.5. The van der Waals surface area contributed by atoms with Gasteiger partial charge < -0.3 is 4.90 Å². The van der Waals surface area contributed by atoms with Crippen molar-refractivity contribution in [1.82, 2.24) is 0 Å². The van der Waals surface area contributed by atoms with E-state index in [1.54, 1.807) is 0 Å². The molecule has 0 aromatic heterocycles. The van der Waals surface area contributed by atoms with Crippen molar-refractivity contribution < 1.29 is 0 Å². The number of anilines is 1. The van der Waals surface area contributed by atoms with Gasteiger partial charge >= 0.3 is 0 Å². The molecule has 1 aromatic rings.